The van der Waals surface area contributed by atoms with Gasteiger partial charge >= 0.3 is 5.97 Å². The Balaban J connectivity index is 1.74. The molecular formula is C13H15N3O3S. The standard InChI is InChI=1S/C13H15N3O3S/c17-11(16-4-2-1-3-10(16)12(18)19)7-9-8-15-5-6-20-13(15)14-9/h5-6,8,10H,1-4,7H2,(H,18,19). The van der Waals surface area contributed by atoms with Crippen LogP contribution in [0.1, 0.15) is 25.0 Å². The summed E-state index contributed by atoms with van der Waals surface area (Å²) in [6.45, 7) is 0.526. The minimum atomic E-state index is -0.913. The number of thiazole rings is 1. The fourth-order valence-corrected chi connectivity index (χ4v) is 3.32. The number of hydrogen-bond donors (Lipinski definition) is 1. The SMILES string of the molecule is O=C(O)C1CCCCN1C(=O)Cc1cn2ccsc2n1. The highest BCUT2D eigenvalue weighted by Gasteiger charge is 2.31. The van der Waals surface area contributed by atoms with Crippen molar-refractivity contribution in [1.82, 2.24) is 14.3 Å². The first-order chi connectivity index (χ1) is 9.65. The van der Waals surface area contributed by atoms with Gasteiger partial charge in [0.1, 0.15) is 6.04 Å². The Kier molecular flexibility index (Phi) is 3.43. The lowest BCUT2D eigenvalue weighted by atomic mass is 10.0. The van der Waals surface area contributed by atoms with Gasteiger partial charge in [0.2, 0.25) is 5.91 Å². The number of amides is 1. The number of likely N-dealkylation sites (tertiary alicyclic amines) is 1. The predicted molar refractivity (Wildman–Crippen MR) is 73.8 cm³/mol. The third kappa shape index (κ3) is 2.40. The zero-order chi connectivity index (χ0) is 14.1. The number of aliphatic carboxylic acids is 1. The summed E-state index contributed by atoms with van der Waals surface area (Å²) in [5.74, 6) is -1.06. The molecule has 2 aromatic rings. The molecule has 6 nitrogen and oxygen atoms in total. The van der Waals surface area contributed by atoms with E-state index in [9.17, 15) is 14.7 Å². The lowest BCUT2D eigenvalue weighted by Crippen LogP contribution is -2.48. The normalized spacial score (nSPS) is 19.4. The minimum absolute atomic E-state index is 0.150. The monoisotopic (exact) mass is 293 g/mol. The molecule has 0 aliphatic carbocycles. The molecule has 7 heteroatoms. The van der Waals surface area contributed by atoms with Gasteiger partial charge in [-0.15, -0.1) is 11.3 Å². The number of carbonyl (C=O) groups excluding carboxylic acids is 1. The van der Waals surface area contributed by atoms with Crippen LogP contribution in [0, 0.1) is 0 Å². The van der Waals surface area contributed by atoms with E-state index in [4.69, 9.17) is 0 Å². The molecule has 2 aromatic heterocycles. The Bertz CT molecular complexity index is 620. The molecule has 0 spiro atoms. The minimum Gasteiger partial charge on any atom is -0.480 e. The number of piperidine rings is 1. The van der Waals surface area contributed by atoms with Crippen molar-refractivity contribution in [3.63, 3.8) is 0 Å². The maximum atomic E-state index is 12.3. The Morgan fingerprint density at radius 1 is 1.45 bits per heavy atom. The molecule has 1 unspecified atom stereocenters. The van der Waals surface area contributed by atoms with E-state index >= 15 is 0 Å². The molecule has 3 heterocycles. The van der Waals surface area contributed by atoms with Crippen LogP contribution in [0.15, 0.2) is 17.8 Å². The summed E-state index contributed by atoms with van der Waals surface area (Å²) in [4.78, 5) is 30.2. The van der Waals surface area contributed by atoms with Gasteiger partial charge in [-0.05, 0) is 19.3 Å². The van der Waals surface area contributed by atoms with Gasteiger partial charge < -0.3 is 10.0 Å². The molecule has 1 N–H and O–H groups in total. The van der Waals surface area contributed by atoms with Gasteiger partial charge in [-0.25, -0.2) is 9.78 Å². The fraction of sp³-hybridized carbons (Fsp3) is 0.462. The van der Waals surface area contributed by atoms with Crippen molar-refractivity contribution in [2.24, 2.45) is 0 Å². The maximum Gasteiger partial charge on any atom is 0.326 e. The van der Waals surface area contributed by atoms with Crippen molar-refractivity contribution in [3.8, 4) is 0 Å². The second-order valence-corrected chi connectivity index (χ2v) is 5.81. The number of nitrogens with zero attached hydrogens (tertiary/aromatic N) is 3. The average Bonchev–Trinajstić information content (AvgIpc) is 2.99. The number of fused-ring (bicyclic) bond motifs is 1. The topological polar surface area (TPSA) is 74.9 Å². The highest BCUT2D eigenvalue weighted by Crippen LogP contribution is 2.19. The van der Waals surface area contributed by atoms with Crippen LogP contribution < -0.4 is 0 Å². The highest BCUT2D eigenvalue weighted by atomic mass is 32.1. The van der Waals surface area contributed by atoms with Gasteiger partial charge in [0.15, 0.2) is 4.96 Å². The zero-order valence-electron chi connectivity index (χ0n) is 10.9. The van der Waals surface area contributed by atoms with E-state index in [-0.39, 0.29) is 12.3 Å². The van der Waals surface area contributed by atoms with Gasteiger partial charge in [0.05, 0.1) is 12.1 Å². The molecule has 0 radical (unpaired) electrons. The molecule has 3 rings (SSSR count). The Labute approximate surface area is 119 Å². The smallest absolute Gasteiger partial charge is 0.326 e. The Morgan fingerprint density at radius 3 is 3.05 bits per heavy atom. The van der Waals surface area contributed by atoms with E-state index in [2.05, 4.69) is 4.98 Å². The van der Waals surface area contributed by atoms with Crippen LogP contribution in [0.4, 0.5) is 0 Å². The molecule has 1 saturated heterocycles. The van der Waals surface area contributed by atoms with Crippen molar-refractivity contribution in [3.05, 3.63) is 23.5 Å². The average molecular weight is 293 g/mol. The van der Waals surface area contributed by atoms with Crippen LogP contribution >= 0.6 is 11.3 Å². The summed E-state index contributed by atoms with van der Waals surface area (Å²) < 4.78 is 1.87. The molecule has 106 valence electrons. The summed E-state index contributed by atoms with van der Waals surface area (Å²) in [7, 11) is 0. The van der Waals surface area contributed by atoms with Crippen LogP contribution in [0.25, 0.3) is 4.96 Å². The molecule has 0 bridgehead atoms. The highest BCUT2D eigenvalue weighted by molar-refractivity contribution is 7.15. The summed E-state index contributed by atoms with van der Waals surface area (Å²) in [6.07, 6.45) is 6.15. The molecule has 0 aromatic carbocycles. The van der Waals surface area contributed by atoms with Crippen LogP contribution in [-0.2, 0) is 16.0 Å². The number of carboxylic acid groups (broad SMARTS) is 1. The molecule has 1 fully saturated rings. The third-order valence-electron chi connectivity index (χ3n) is 3.58. The fourth-order valence-electron chi connectivity index (χ4n) is 2.60. The van der Waals surface area contributed by atoms with Gasteiger partial charge in [0.25, 0.3) is 0 Å². The lowest BCUT2D eigenvalue weighted by molar-refractivity contribution is -0.151. The number of imidazole rings is 1. The molecule has 20 heavy (non-hydrogen) atoms. The lowest BCUT2D eigenvalue weighted by Gasteiger charge is -2.32. The third-order valence-corrected chi connectivity index (χ3v) is 4.35. The number of aromatic nitrogens is 2. The Morgan fingerprint density at radius 2 is 2.30 bits per heavy atom. The van der Waals surface area contributed by atoms with Crippen molar-refractivity contribution in [1.29, 1.82) is 0 Å². The second-order valence-electron chi connectivity index (χ2n) is 4.94. The van der Waals surface area contributed by atoms with Gasteiger partial charge in [-0.3, -0.25) is 9.20 Å². The zero-order valence-corrected chi connectivity index (χ0v) is 11.7. The van der Waals surface area contributed by atoms with Crippen LogP contribution in [-0.4, -0.2) is 43.9 Å². The molecule has 1 aliphatic rings. The summed E-state index contributed by atoms with van der Waals surface area (Å²) in [5, 5.41) is 11.1. The van der Waals surface area contributed by atoms with Crippen LogP contribution in [0.2, 0.25) is 0 Å². The van der Waals surface area contributed by atoms with E-state index < -0.39 is 12.0 Å². The molecular weight excluding hydrogens is 278 g/mol. The van der Waals surface area contributed by atoms with Gasteiger partial charge in [0, 0.05) is 24.3 Å². The van der Waals surface area contributed by atoms with Crippen molar-refractivity contribution >= 4 is 28.2 Å². The second kappa shape index (κ2) is 5.24. The number of hydrogen-bond acceptors (Lipinski definition) is 4. The maximum absolute atomic E-state index is 12.3. The van der Waals surface area contributed by atoms with Gasteiger partial charge in [-0.2, -0.15) is 0 Å². The summed E-state index contributed by atoms with van der Waals surface area (Å²) in [5.41, 5.74) is 0.691. The van der Waals surface area contributed by atoms with Crippen LogP contribution in [0.5, 0.6) is 0 Å². The Hall–Kier alpha value is -1.89. The van der Waals surface area contributed by atoms with E-state index in [0.717, 1.165) is 17.8 Å². The molecule has 1 amide bonds. The summed E-state index contributed by atoms with van der Waals surface area (Å²) in [6, 6.07) is -0.681. The quantitative estimate of drug-likeness (QED) is 0.928. The number of rotatable bonds is 3. The van der Waals surface area contributed by atoms with Gasteiger partial charge in [-0.1, -0.05) is 0 Å². The number of carboxylic acids is 1. The van der Waals surface area contributed by atoms with E-state index in [1.807, 2.05) is 22.2 Å². The molecule has 1 aliphatic heterocycles. The largest absolute Gasteiger partial charge is 0.480 e. The first-order valence-electron chi connectivity index (χ1n) is 6.58. The van der Waals surface area contributed by atoms with Crippen molar-refractivity contribution in [2.45, 2.75) is 31.7 Å². The van der Waals surface area contributed by atoms with E-state index in [1.54, 1.807) is 0 Å². The van der Waals surface area contributed by atoms with E-state index in [1.165, 1.54) is 16.2 Å². The molecule has 0 saturated carbocycles. The van der Waals surface area contributed by atoms with E-state index in [0.29, 0.717) is 18.7 Å². The summed E-state index contributed by atoms with van der Waals surface area (Å²) >= 11 is 1.51. The first kappa shape index (κ1) is 13.1. The molecule has 1 atom stereocenters. The van der Waals surface area contributed by atoms with Crippen LogP contribution in [0.3, 0.4) is 0 Å². The van der Waals surface area contributed by atoms with Crippen molar-refractivity contribution in [2.75, 3.05) is 6.54 Å². The number of carbonyl (C=O) groups is 2. The predicted octanol–water partition coefficient (Wildman–Crippen LogP) is 1.40. The first-order valence-corrected chi connectivity index (χ1v) is 7.46. The van der Waals surface area contributed by atoms with Crippen molar-refractivity contribution < 1.29 is 14.7 Å².